The first-order chi connectivity index (χ1) is 9.54. The van der Waals surface area contributed by atoms with E-state index in [1.54, 1.807) is 0 Å². The van der Waals surface area contributed by atoms with E-state index in [-0.39, 0.29) is 12.4 Å². The molecule has 0 aliphatic carbocycles. The maximum Gasteiger partial charge on any atom is 0.351 e. The van der Waals surface area contributed by atoms with Crippen molar-refractivity contribution >= 4 is 17.6 Å². The molecule has 0 amide bonds. The van der Waals surface area contributed by atoms with Crippen LogP contribution in [0.4, 0.5) is 5.82 Å². The third-order valence-corrected chi connectivity index (χ3v) is 3.35. The molecule has 0 bridgehead atoms. The third-order valence-electron chi connectivity index (χ3n) is 2.95. The molecule has 2 heterocycles. The third kappa shape index (κ3) is 3.13. The van der Waals surface area contributed by atoms with Gasteiger partial charge >= 0.3 is 5.69 Å². The van der Waals surface area contributed by atoms with Crippen LogP contribution in [0.2, 0.25) is 0 Å². The summed E-state index contributed by atoms with van der Waals surface area (Å²) in [6, 6.07) is 1.42. The van der Waals surface area contributed by atoms with Crippen LogP contribution in [0.25, 0.3) is 0 Å². The first kappa shape index (κ1) is 15.3. The van der Waals surface area contributed by atoms with Gasteiger partial charge in [-0.3, -0.25) is 4.57 Å². The molecule has 0 saturated carbocycles. The summed E-state index contributed by atoms with van der Waals surface area (Å²) in [5.74, 6) is 0.538. The summed E-state index contributed by atoms with van der Waals surface area (Å²) in [7, 11) is 0. The van der Waals surface area contributed by atoms with E-state index in [2.05, 4.69) is 4.98 Å². The molecule has 1 aromatic rings. The van der Waals surface area contributed by atoms with Crippen LogP contribution in [0.15, 0.2) is 17.1 Å². The number of rotatable bonds is 5. The second kappa shape index (κ2) is 6.55. The first-order valence-electron chi connectivity index (χ1n) is 5.97. The molecule has 2 rings (SSSR count). The van der Waals surface area contributed by atoms with Crippen LogP contribution >= 0.6 is 11.8 Å². The van der Waals surface area contributed by atoms with Gasteiger partial charge in [-0.25, -0.2) is 4.79 Å². The van der Waals surface area contributed by atoms with Crippen LogP contribution in [0.5, 0.6) is 0 Å². The fourth-order valence-electron chi connectivity index (χ4n) is 1.96. The average molecular weight is 303 g/mol. The van der Waals surface area contributed by atoms with Crippen molar-refractivity contribution in [2.24, 2.45) is 0 Å². The number of anilines is 1. The number of nitrogen functional groups attached to an aromatic ring is 1. The molecule has 8 nitrogen and oxygen atoms in total. The Kier molecular flexibility index (Phi) is 5.00. The summed E-state index contributed by atoms with van der Waals surface area (Å²) >= 11 is 1.49. The van der Waals surface area contributed by atoms with Crippen LogP contribution in [-0.2, 0) is 9.47 Å². The van der Waals surface area contributed by atoms with E-state index in [0.29, 0.717) is 5.94 Å². The lowest BCUT2D eigenvalue weighted by atomic mass is 10.1. The zero-order chi connectivity index (χ0) is 14.7. The van der Waals surface area contributed by atoms with E-state index in [0.717, 1.165) is 4.57 Å². The number of aromatic nitrogens is 2. The Labute approximate surface area is 119 Å². The van der Waals surface area contributed by atoms with E-state index in [4.69, 9.17) is 15.2 Å². The highest BCUT2D eigenvalue weighted by atomic mass is 32.2. The van der Waals surface area contributed by atoms with Crippen molar-refractivity contribution in [1.29, 1.82) is 0 Å². The summed E-state index contributed by atoms with van der Waals surface area (Å²) in [5, 5.41) is 19.9. The van der Waals surface area contributed by atoms with Gasteiger partial charge in [-0.1, -0.05) is 0 Å². The zero-order valence-corrected chi connectivity index (χ0v) is 11.7. The highest BCUT2D eigenvalue weighted by Crippen LogP contribution is 2.28. The molecule has 112 valence electrons. The van der Waals surface area contributed by atoms with Crippen molar-refractivity contribution < 1.29 is 19.7 Å². The van der Waals surface area contributed by atoms with Crippen molar-refractivity contribution in [2.45, 2.75) is 24.5 Å². The Bertz CT molecular complexity index is 511. The van der Waals surface area contributed by atoms with Gasteiger partial charge < -0.3 is 25.4 Å². The molecule has 1 aromatic heterocycles. The Balaban J connectivity index is 2.11. The van der Waals surface area contributed by atoms with Crippen molar-refractivity contribution in [2.75, 3.05) is 24.5 Å². The van der Waals surface area contributed by atoms with Gasteiger partial charge in [0.2, 0.25) is 0 Å². The monoisotopic (exact) mass is 303 g/mol. The first-order valence-corrected chi connectivity index (χ1v) is 7.37. The maximum absolute atomic E-state index is 11.7. The minimum Gasteiger partial charge on any atom is -0.387 e. The second-order valence-electron chi connectivity index (χ2n) is 4.37. The number of ether oxygens (including phenoxy) is 2. The largest absolute Gasteiger partial charge is 0.387 e. The number of nitrogens with two attached hydrogens (primary N) is 1. The van der Waals surface area contributed by atoms with Gasteiger partial charge in [-0.15, -0.1) is 11.8 Å². The molecule has 1 fully saturated rings. The van der Waals surface area contributed by atoms with Gasteiger partial charge in [-0.05, 0) is 12.3 Å². The summed E-state index contributed by atoms with van der Waals surface area (Å²) < 4.78 is 11.8. The Morgan fingerprint density at radius 1 is 1.55 bits per heavy atom. The number of aliphatic hydroxyl groups excluding tert-OH is 2. The highest BCUT2D eigenvalue weighted by Gasteiger charge is 2.44. The molecule has 1 saturated heterocycles. The molecule has 1 aliphatic heterocycles. The van der Waals surface area contributed by atoms with Crippen molar-refractivity contribution in [1.82, 2.24) is 9.55 Å². The molecule has 4 atom stereocenters. The van der Waals surface area contributed by atoms with Crippen LogP contribution in [-0.4, -0.2) is 56.9 Å². The van der Waals surface area contributed by atoms with Gasteiger partial charge in [0.25, 0.3) is 0 Å². The Morgan fingerprint density at radius 3 is 2.95 bits per heavy atom. The average Bonchev–Trinajstić information content (AvgIpc) is 2.68. The van der Waals surface area contributed by atoms with Crippen LogP contribution < -0.4 is 11.4 Å². The molecule has 4 N–H and O–H groups in total. The lowest BCUT2D eigenvalue weighted by Gasteiger charge is -2.16. The van der Waals surface area contributed by atoms with Gasteiger partial charge in [0, 0.05) is 6.20 Å². The van der Waals surface area contributed by atoms with E-state index in [1.807, 2.05) is 6.26 Å². The smallest absolute Gasteiger partial charge is 0.351 e. The lowest BCUT2D eigenvalue weighted by molar-refractivity contribution is -0.0629. The summed E-state index contributed by atoms with van der Waals surface area (Å²) in [6.07, 6.45) is -0.827. The van der Waals surface area contributed by atoms with Crippen molar-refractivity contribution in [3.63, 3.8) is 0 Å². The van der Waals surface area contributed by atoms with Crippen molar-refractivity contribution in [3.8, 4) is 0 Å². The minimum absolute atomic E-state index is 0.0825. The van der Waals surface area contributed by atoms with Crippen molar-refractivity contribution in [3.05, 3.63) is 22.7 Å². The molecular weight excluding hydrogens is 286 g/mol. The fourth-order valence-corrected chi connectivity index (χ4v) is 2.23. The molecule has 9 heteroatoms. The summed E-state index contributed by atoms with van der Waals surface area (Å²) in [6.45, 7) is 0.132. The minimum atomic E-state index is -1.24. The van der Waals surface area contributed by atoms with Gasteiger partial charge in [-0.2, -0.15) is 4.98 Å². The Morgan fingerprint density at radius 2 is 2.30 bits per heavy atom. The molecule has 1 aliphatic rings. The normalized spacial score (nSPS) is 29.8. The molecule has 0 spiro atoms. The molecule has 0 aromatic carbocycles. The van der Waals surface area contributed by atoms with E-state index in [1.165, 1.54) is 24.0 Å². The summed E-state index contributed by atoms with van der Waals surface area (Å²) in [4.78, 5) is 15.3. The summed E-state index contributed by atoms with van der Waals surface area (Å²) in [5.41, 5.74) is 4.75. The number of hydrogen-bond acceptors (Lipinski definition) is 8. The fraction of sp³-hybridized carbons (Fsp3) is 0.636. The number of nitrogens with zero attached hydrogens (tertiary/aromatic N) is 2. The number of thioether (sulfide) groups is 1. The zero-order valence-electron chi connectivity index (χ0n) is 10.9. The van der Waals surface area contributed by atoms with E-state index >= 15 is 0 Å². The molecule has 0 unspecified atom stereocenters. The lowest BCUT2D eigenvalue weighted by Crippen LogP contribution is -2.36. The standard InChI is InChI=1S/C11H17N3O5S/c1-20-5-18-4-6-8(15)9(16)10(19-6)14-3-2-7(12)13-11(14)17/h2-3,6,8-10,15-16H,4-5H2,1H3,(H2,12,13,17)/t6-,8-,9-,10-/m1/s1. The van der Waals surface area contributed by atoms with Gasteiger partial charge in [0.15, 0.2) is 6.23 Å². The molecule has 0 radical (unpaired) electrons. The number of aliphatic hydroxyl groups is 2. The molecular formula is C11H17N3O5S. The molecule has 20 heavy (non-hydrogen) atoms. The van der Waals surface area contributed by atoms with Crippen LogP contribution in [0, 0.1) is 0 Å². The SMILES string of the molecule is CSCOC[C@H]1O[C@@H](n2ccc(N)nc2=O)[C@H](O)[C@@H]1O. The van der Waals surface area contributed by atoms with Gasteiger partial charge in [0.1, 0.15) is 24.1 Å². The highest BCUT2D eigenvalue weighted by molar-refractivity contribution is 7.98. The topological polar surface area (TPSA) is 120 Å². The Hall–Kier alpha value is -1.13. The predicted octanol–water partition coefficient (Wildman–Crippen LogP) is -1.22. The van der Waals surface area contributed by atoms with Gasteiger partial charge in [0.05, 0.1) is 12.5 Å². The maximum atomic E-state index is 11.7. The van der Waals surface area contributed by atoms with E-state index < -0.39 is 30.2 Å². The van der Waals surface area contributed by atoms with Crippen LogP contribution in [0.3, 0.4) is 0 Å². The predicted molar refractivity (Wildman–Crippen MR) is 73.2 cm³/mol. The van der Waals surface area contributed by atoms with E-state index in [9.17, 15) is 15.0 Å². The quantitative estimate of drug-likeness (QED) is 0.457. The number of hydrogen-bond donors (Lipinski definition) is 3. The second-order valence-corrected chi connectivity index (χ2v) is 5.18. The van der Waals surface area contributed by atoms with Crippen LogP contribution in [0.1, 0.15) is 6.23 Å².